The van der Waals surface area contributed by atoms with Crippen molar-refractivity contribution in [1.82, 2.24) is 0 Å². The fourth-order valence-electron chi connectivity index (χ4n) is 2.63. The molecule has 0 aromatic heterocycles. The van der Waals surface area contributed by atoms with E-state index in [1.165, 1.54) is 16.7 Å². The van der Waals surface area contributed by atoms with Gasteiger partial charge in [0.1, 0.15) is 0 Å². The molecule has 2 nitrogen and oxygen atoms in total. The Morgan fingerprint density at radius 1 is 1.25 bits per heavy atom. The molecule has 1 N–H and O–H groups in total. The molecule has 2 rings (SSSR count). The number of aliphatic carboxylic acids is 1. The van der Waals surface area contributed by atoms with Crippen LogP contribution in [0.1, 0.15) is 36.0 Å². The summed E-state index contributed by atoms with van der Waals surface area (Å²) in [6.45, 7) is 4.12. The van der Waals surface area contributed by atoms with Crippen molar-refractivity contribution >= 4 is 5.97 Å². The Kier molecular flexibility index (Phi) is 2.75. The SMILES string of the molecule is Cc1cc(C)cc(CC2(C(=O)O)CCC2)c1. The minimum atomic E-state index is -0.627. The van der Waals surface area contributed by atoms with Gasteiger partial charge in [-0.25, -0.2) is 0 Å². The lowest BCUT2D eigenvalue weighted by Crippen LogP contribution is -2.39. The molecule has 0 aliphatic heterocycles. The van der Waals surface area contributed by atoms with E-state index in [1.807, 2.05) is 0 Å². The molecule has 0 unspecified atom stereocenters. The van der Waals surface area contributed by atoms with Gasteiger partial charge in [-0.3, -0.25) is 4.79 Å². The Morgan fingerprint density at radius 2 is 1.81 bits per heavy atom. The van der Waals surface area contributed by atoms with Gasteiger partial charge in [-0.1, -0.05) is 35.7 Å². The zero-order valence-electron chi connectivity index (χ0n) is 9.92. The quantitative estimate of drug-likeness (QED) is 0.846. The van der Waals surface area contributed by atoms with Crippen molar-refractivity contribution in [1.29, 1.82) is 0 Å². The minimum absolute atomic E-state index is 0.472. The van der Waals surface area contributed by atoms with E-state index in [4.69, 9.17) is 0 Å². The molecular weight excluding hydrogens is 200 g/mol. The third-order valence-corrected chi connectivity index (χ3v) is 3.59. The monoisotopic (exact) mass is 218 g/mol. The summed E-state index contributed by atoms with van der Waals surface area (Å²) in [7, 11) is 0. The largest absolute Gasteiger partial charge is 0.481 e. The van der Waals surface area contributed by atoms with E-state index < -0.39 is 11.4 Å². The predicted molar refractivity (Wildman–Crippen MR) is 63.5 cm³/mol. The molecule has 2 heteroatoms. The number of hydrogen-bond donors (Lipinski definition) is 1. The third kappa shape index (κ3) is 1.97. The van der Waals surface area contributed by atoms with Crippen LogP contribution in [0.25, 0.3) is 0 Å². The number of benzene rings is 1. The summed E-state index contributed by atoms with van der Waals surface area (Å²) in [6.07, 6.45) is 3.40. The molecule has 1 aliphatic carbocycles. The Labute approximate surface area is 96.3 Å². The first-order valence-corrected chi connectivity index (χ1v) is 5.82. The van der Waals surface area contributed by atoms with Crippen LogP contribution in [0.3, 0.4) is 0 Å². The normalized spacial score (nSPS) is 17.9. The molecule has 1 aliphatic rings. The maximum atomic E-state index is 11.3. The van der Waals surface area contributed by atoms with Crippen molar-refractivity contribution in [2.24, 2.45) is 5.41 Å². The molecule has 86 valence electrons. The molecule has 0 saturated heterocycles. The molecule has 1 aromatic rings. The van der Waals surface area contributed by atoms with Gasteiger partial charge >= 0.3 is 5.97 Å². The van der Waals surface area contributed by atoms with Crippen molar-refractivity contribution < 1.29 is 9.90 Å². The lowest BCUT2D eigenvalue weighted by atomic mass is 9.65. The van der Waals surface area contributed by atoms with Crippen LogP contribution in [0.2, 0.25) is 0 Å². The van der Waals surface area contributed by atoms with Crippen LogP contribution >= 0.6 is 0 Å². The molecule has 16 heavy (non-hydrogen) atoms. The Bertz CT molecular complexity index is 396. The van der Waals surface area contributed by atoms with E-state index in [-0.39, 0.29) is 0 Å². The molecule has 0 atom stereocenters. The standard InChI is InChI=1S/C14H18O2/c1-10-6-11(2)8-12(7-10)9-14(13(15)16)4-3-5-14/h6-8H,3-5,9H2,1-2H3,(H,15,16). The van der Waals surface area contributed by atoms with Crippen molar-refractivity contribution in [2.75, 3.05) is 0 Å². The second-order valence-corrected chi connectivity index (χ2v) is 5.11. The Balaban J connectivity index is 2.22. The zero-order valence-corrected chi connectivity index (χ0v) is 9.92. The van der Waals surface area contributed by atoms with Gasteiger partial charge in [-0.2, -0.15) is 0 Å². The van der Waals surface area contributed by atoms with Crippen molar-refractivity contribution in [2.45, 2.75) is 39.5 Å². The average Bonchev–Trinajstić information content (AvgIpc) is 2.09. The van der Waals surface area contributed by atoms with E-state index in [0.29, 0.717) is 6.42 Å². The van der Waals surface area contributed by atoms with E-state index in [0.717, 1.165) is 19.3 Å². The maximum absolute atomic E-state index is 11.3. The molecule has 0 radical (unpaired) electrons. The molecule has 1 fully saturated rings. The zero-order chi connectivity index (χ0) is 11.8. The molecule has 0 spiro atoms. The molecule has 0 bridgehead atoms. The van der Waals surface area contributed by atoms with E-state index in [9.17, 15) is 9.90 Å². The predicted octanol–water partition coefficient (Wildman–Crippen LogP) is 3.10. The second-order valence-electron chi connectivity index (χ2n) is 5.11. The maximum Gasteiger partial charge on any atom is 0.309 e. The van der Waals surface area contributed by atoms with Gasteiger partial charge < -0.3 is 5.11 Å². The number of aryl methyl sites for hydroxylation is 2. The molecule has 1 aromatic carbocycles. The van der Waals surface area contributed by atoms with Gasteiger partial charge in [0, 0.05) is 0 Å². The van der Waals surface area contributed by atoms with Gasteiger partial charge in [0.15, 0.2) is 0 Å². The van der Waals surface area contributed by atoms with Gasteiger partial charge in [0.2, 0.25) is 0 Å². The first-order chi connectivity index (χ1) is 7.52. The van der Waals surface area contributed by atoms with Crippen LogP contribution in [-0.2, 0) is 11.2 Å². The first-order valence-electron chi connectivity index (χ1n) is 5.82. The lowest BCUT2D eigenvalue weighted by Gasteiger charge is -2.37. The summed E-state index contributed by atoms with van der Waals surface area (Å²) in [4.78, 5) is 11.3. The molecule has 1 saturated carbocycles. The molecule has 0 heterocycles. The minimum Gasteiger partial charge on any atom is -0.481 e. The molecular formula is C14H18O2. The number of carboxylic acids is 1. The average molecular weight is 218 g/mol. The second kappa shape index (κ2) is 3.93. The topological polar surface area (TPSA) is 37.3 Å². The van der Waals surface area contributed by atoms with Gasteiger partial charge in [0.05, 0.1) is 5.41 Å². The summed E-state index contributed by atoms with van der Waals surface area (Å²) < 4.78 is 0. The van der Waals surface area contributed by atoms with Crippen LogP contribution in [0.15, 0.2) is 18.2 Å². The van der Waals surface area contributed by atoms with Crippen LogP contribution in [0, 0.1) is 19.3 Å². The van der Waals surface area contributed by atoms with E-state index >= 15 is 0 Å². The summed E-state index contributed by atoms with van der Waals surface area (Å²) in [5.74, 6) is -0.627. The van der Waals surface area contributed by atoms with E-state index in [1.54, 1.807) is 0 Å². The van der Waals surface area contributed by atoms with Crippen LogP contribution in [0.4, 0.5) is 0 Å². The first kappa shape index (κ1) is 11.2. The number of carbonyl (C=O) groups is 1. The highest BCUT2D eigenvalue weighted by molar-refractivity contribution is 5.76. The van der Waals surface area contributed by atoms with Crippen LogP contribution < -0.4 is 0 Å². The number of carboxylic acid groups (broad SMARTS) is 1. The molecule has 0 amide bonds. The number of hydrogen-bond acceptors (Lipinski definition) is 1. The van der Waals surface area contributed by atoms with Crippen molar-refractivity contribution in [3.8, 4) is 0 Å². The smallest absolute Gasteiger partial charge is 0.309 e. The lowest BCUT2D eigenvalue weighted by molar-refractivity contribution is -0.154. The van der Waals surface area contributed by atoms with Gasteiger partial charge in [-0.05, 0) is 38.7 Å². The van der Waals surface area contributed by atoms with Crippen molar-refractivity contribution in [3.05, 3.63) is 34.9 Å². The fourth-order valence-corrected chi connectivity index (χ4v) is 2.63. The fraction of sp³-hybridized carbons (Fsp3) is 0.500. The highest BCUT2D eigenvalue weighted by atomic mass is 16.4. The highest BCUT2D eigenvalue weighted by Gasteiger charge is 2.44. The van der Waals surface area contributed by atoms with E-state index in [2.05, 4.69) is 32.0 Å². The summed E-state index contributed by atoms with van der Waals surface area (Å²) in [5, 5.41) is 9.28. The Morgan fingerprint density at radius 3 is 2.19 bits per heavy atom. The summed E-state index contributed by atoms with van der Waals surface area (Å²) in [6, 6.07) is 6.34. The summed E-state index contributed by atoms with van der Waals surface area (Å²) >= 11 is 0. The van der Waals surface area contributed by atoms with Gasteiger partial charge in [-0.15, -0.1) is 0 Å². The van der Waals surface area contributed by atoms with Gasteiger partial charge in [0.25, 0.3) is 0 Å². The Hall–Kier alpha value is -1.31. The van der Waals surface area contributed by atoms with Crippen LogP contribution in [-0.4, -0.2) is 11.1 Å². The summed E-state index contributed by atoms with van der Waals surface area (Å²) in [5.41, 5.74) is 3.13. The third-order valence-electron chi connectivity index (χ3n) is 3.59. The van der Waals surface area contributed by atoms with Crippen LogP contribution in [0.5, 0.6) is 0 Å². The number of rotatable bonds is 3. The highest BCUT2D eigenvalue weighted by Crippen LogP contribution is 2.44. The van der Waals surface area contributed by atoms with Crippen molar-refractivity contribution in [3.63, 3.8) is 0 Å².